The van der Waals surface area contributed by atoms with Crippen LogP contribution >= 0.6 is 0 Å². The second kappa shape index (κ2) is 8.23. The van der Waals surface area contributed by atoms with Crippen molar-refractivity contribution < 1.29 is 27.6 Å². The van der Waals surface area contributed by atoms with Gasteiger partial charge in [0.1, 0.15) is 6.04 Å². The molecule has 3 amide bonds. The Kier molecular flexibility index (Phi) is 5.78. The topological polar surface area (TPSA) is 95.7 Å². The number of benzene rings is 1. The van der Waals surface area contributed by atoms with Crippen molar-refractivity contribution in [2.75, 3.05) is 13.1 Å². The lowest BCUT2D eigenvalue weighted by Gasteiger charge is -2.39. The highest BCUT2D eigenvalue weighted by Gasteiger charge is 2.44. The van der Waals surface area contributed by atoms with E-state index in [9.17, 15) is 27.6 Å². The minimum absolute atomic E-state index is 0.0207. The number of amides is 3. The SMILES string of the molecule is NC[C@@H]1C[C@H](C(F)(F)F)CCN1Cc1ccc2c(c1)C(=O)N(C1CCC(=O)NC1=O)C2. The Bertz CT molecular complexity index is 904. The highest BCUT2D eigenvalue weighted by atomic mass is 19.4. The monoisotopic (exact) mass is 438 g/mol. The lowest BCUT2D eigenvalue weighted by molar-refractivity contribution is -0.189. The zero-order valence-corrected chi connectivity index (χ0v) is 17.0. The number of carbonyl (C=O) groups is 3. The average molecular weight is 438 g/mol. The lowest BCUT2D eigenvalue weighted by atomic mass is 9.89. The molecule has 0 aliphatic carbocycles. The summed E-state index contributed by atoms with van der Waals surface area (Å²) in [5, 5.41) is 2.27. The Morgan fingerprint density at radius 3 is 2.61 bits per heavy atom. The Hall–Kier alpha value is -2.46. The van der Waals surface area contributed by atoms with Crippen molar-refractivity contribution in [1.82, 2.24) is 15.1 Å². The van der Waals surface area contributed by atoms with Crippen LogP contribution in [0.2, 0.25) is 0 Å². The van der Waals surface area contributed by atoms with Crippen molar-refractivity contribution in [3.63, 3.8) is 0 Å². The predicted molar refractivity (Wildman–Crippen MR) is 105 cm³/mol. The van der Waals surface area contributed by atoms with Crippen LogP contribution in [-0.4, -0.2) is 58.9 Å². The molecule has 3 aliphatic rings. The molecule has 3 aliphatic heterocycles. The molecule has 0 radical (unpaired) electrons. The van der Waals surface area contributed by atoms with Gasteiger partial charge in [-0.2, -0.15) is 13.2 Å². The van der Waals surface area contributed by atoms with E-state index in [0.717, 1.165) is 11.1 Å². The van der Waals surface area contributed by atoms with Gasteiger partial charge in [0.05, 0.1) is 5.92 Å². The van der Waals surface area contributed by atoms with E-state index in [1.54, 1.807) is 6.07 Å². The van der Waals surface area contributed by atoms with Gasteiger partial charge in [-0.1, -0.05) is 12.1 Å². The summed E-state index contributed by atoms with van der Waals surface area (Å²) in [5.74, 6) is -2.40. The number of nitrogens with one attached hydrogen (secondary N) is 1. The summed E-state index contributed by atoms with van der Waals surface area (Å²) < 4.78 is 39.3. The maximum atomic E-state index is 13.1. The van der Waals surface area contributed by atoms with E-state index < -0.39 is 24.0 Å². The van der Waals surface area contributed by atoms with Crippen molar-refractivity contribution in [2.45, 2.75) is 57.0 Å². The number of hydrogen-bond donors (Lipinski definition) is 2. The van der Waals surface area contributed by atoms with Gasteiger partial charge < -0.3 is 10.6 Å². The molecule has 31 heavy (non-hydrogen) atoms. The number of nitrogens with two attached hydrogens (primary N) is 1. The van der Waals surface area contributed by atoms with Gasteiger partial charge in [0.2, 0.25) is 11.8 Å². The smallest absolute Gasteiger partial charge is 0.329 e. The first-order valence-corrected chi connectivity index (χ1v) is 10.4. The first-order valence-electron chi connectivity index (χ1n) is 10.4. The van der Waals surface area contributed by atoms with Gasteiger partial charge in [-0.25, -0.2) is 0 Å². The summed E-state index contributed by atoms with van der Waals surface area (Å²) in [6, 6.07) is 4.40. The molecule has 3 atom stereocenters. The average Bonchev–Trinajstić information content (AvgIpc) is 3.03. The minimum Gasteiger partial charge on any atom is -0.329 e. The van der Waals surface area contributed by atoms with Gasteiger partial charge in [0.25, 0.3) is 5.91 Å². The highest BCUT2D eigenvalue weighted by Crippen LogP contribution is 2.37. The minimum atomic E-state index is -4.21. The summed E-state index contributed by atoms with van der Waals surface area (Å²) in [7, 11) is 0. The molecule has 3 N–H and O–H groups in total. The number of hydrogen-bond acceptors (Lipinski definition) is 5. The van der Waals surface area contributed by atoms with Gasteiger partial charge in [0, 0.05) is 37.7 Å². The molecule has 0 spiro atoms. The number of halogens is 3. The Morgan fingerprint density at radius 1 is 1.16 bits per heavy atom. The van der Waals surface area contributed by atoms with E-state index in [-0.39, 0.29) is 43.7 Å². The van der Waals surface area contributed by atoms with Crippen LogP contribution in [0, 0.1) is 5.92 Å². The van der Waals surface area contributed by atoms with Crippen molar-refractivity contribution in [3.8, 4) is 0 Å². The van der Waals surface area contributed by atoms with Gasteiger partial charge in [-0.15, -0.1) is 0 Å². The molecule has 0 saturated carbocycles. The van der Waals surface area contributed by atoms with E-state index >= 15 is 0 Å². The number of nitrogens with zero attached hydrogens (tertiary/aromatic N) is 2. The van der Waals surface area contributed by atoms with Crippen LogP contribution in [0.4, 0.5) is 13.2 Å². The zero-order valence-electron chi connectivity index (χ0n) is 17.0. The first kappa shape index (κ1) is 21.8. The van der Waals surface area contributed by atoms with Crippen LogP contribution in [0.3, 0.4) is 0 Å². The molecule has 2 fully saturated rings. The molecular formula is C21H25F3N4O3. The molecule has 3 heterocycles. The van der Waals surface area contributed by atoms with E-state index in [1.165, 1.54) is 4.90 Å². The Morgan fingerprint density at radius 2 is 1.94 bits per heavy atom. The van der Waals surface area contributed by atoms with Crippen molar-refractivity contribution in [1.29, 1.82) is 0 Å². The molecule has 1 aromatic carbocycles. The molecule has 0 bridgehead atoms. The predicted octanol–water partition coefficient (Wildman–Crippen LogP) is 1.55. The maximum absolute atomic E-state index is 13.1. The van der Waals surface area contributed by atoms with Gasteiger partial charge in [-0.3, -0.25) is 24.6 Å². The summed E-state index contributed by atoms with van der Waals surface area (Å²) in [5.41, 5.74) is 7.87. The molecule has 4 rings (SSSR count). The largest absolute Gasteiger partial charge is 0.391 e. The van der Waals surface area contributed by atoms with Crippen LogP contribution in [0.25, 0.3) is 0 Å². The molecule has 1 unspecified atom stereocenters. The molecule has 168 valence electrons. The number of imide groups is 1. The number of likely N-dealkylation sites (tertiary alicyclic amines) is 1. The van der Waals surface area contributed by atoms with Crippen LogP contribution in [0.15, 0.2) is 18.2 Å². The van der Waals surface area contributed by atoms with Crippen LogP contribution in [0.1, 0.15) is 47.2 Å². The number of piperidine rings is 2. The molecule has 1 aromatic rings. The molecule has 7 nitrogen and oxygen atoms in total. The quantitative estimate of drug-likeness (QED) is 0.696. The van der Waals surface area contributed by atoms with Crippen LogP contribution in [-0.2, 0) is 22.7 Å². The third-order valence-corrected chi connectivity index (χ3v) is 6.55. The highest BCUT2D eigenvalue weighted by molar-refractivity contribution is 6.05. The number of fused-ring (bicyclic) bond motifs is 1. The summed E-state index contributed by atoms with van der Waals surface area (Å²) in [4.78, 5) is 39.9. The van der Waals surface area contributed by atoms with E-state index in [4.69, 9.17) is 5.73 Å². The van der Waals surface area contributed by atoms with E-state index in [1.807, 2.05) is 17.0 Å². The Balaban J connectivity index is 1.46. The fourth-order valence-electron chi connectivity index (χ4n) is 4.79. The standard InChI is InChI=1S/C21H25F3N4O3/c22-21(23,24)14-5-6-27(15(8-14)9-25)10-12-1-2-13-11-28(20(31)16(13)7-12)17-3-4-18(29)26-19(17)30/h1-2,7,14-15,17H,3-6,8-11,25H2,(H,26,29,30)/t14-,15+,17?/m1/s1. The molecule has 2 saturated heterocycles. The van der Waals surface area contributed by atoms with Crippen molar-refractivity contribution in [2.24, 2.45) is 11.7 Å². The zero-order chi connectivity index (χ0) is 22.3. The summed E-state index contributed by atoms with van der Waals surface area (Å²) in [6.45, 7) is 1.13. The van der Waals surface area contributed by atoms with Gasteiger partial charge >= 0.3 is 6.18 Å². The van der Waals surface area contributed by atoms with Crippen molar-refractivity contribution >= 4 is 17.7 Å². The second-order valence-electron chi connectivity index (χ2n) is 8.51. The fourth-order valence-corrected chi connectivity index (χ4v) is 4.79. The number of alkyl halides is 3. The van der Waals surface area contributed by atoms with E-state index in [2.05, 4.69) is 5.32 Å². The fraction of sp³-hybridized carbons (Fsp3) is 0.571. The lowest BCUT2D eigenvalue weighted by Crippen LogP contribution is -2.52. The van der Waals surface area contributed by atoms with Crippen LogP contribution < -0.4 is 11.1 Å². The second-order valence-corrected chi connectivity index (χ2v) is 8.51. The maximum Gasteiger partial charge on any atom is 0.391 e. The molecule has 0 aromatic heterocycles. The molecule has 10 heteroatoms. The van der Waals surface area contributed by atoms with Crippen LogP contribution in [0.5, 0.6) is 0 Å². The summed E-state index contributed by atoms with van der Waals surface area (Å²) >= 11 is 0. The Labute approximate surface area is 177 Å². The van der Waals surface area contributed by atoms with Gasteiger partial charge in [-0.05, 0) is 43.0 Å². The number of carbonyl (C=O) groups excluding carboxylic acids is 3. The summed E-state index contributed by atoms with van der Waals surface area (Å²) in [6.07, 6.45) is -3.71. The number of rotatable bonds is 4. The van der Waals surface area contributed by atoms with E-state index in [0.29, 0.717) is 31.6 Å². The van der Waals surface area contributed by atoms with Gasteiger partial charge in [0.15, 0.2) is 0 Å². The first-order chi connectivity index (χ1) is 14.7. The third-order valence-electron chi connectivity index (χ3n) is 6.55. The van der Waals surface area contributed by atoms with Crippen molar-refractivity contribution in [3.05, 3.63) is 34.9 Å². The third kappa shape index (κ3) is 4.31. The normalized spacial score (nSPS) is 27.4. The molecular weight excluding hydrogens is 413 g/mol.